The van der Waals surface area contributed by atoms with Gasteiger partial charge in [0.2, 0.25) is 0 Å². The van der Waals surface area contributed by atoms with Gasteiger partial charge < -0.3 is 14.6 Å². The molecule has 4 rings (SSSR count). The Morgan fingerprint density at radius 2 is 1.88 bits per heavy atom. The molecule has 164 valence electrons. The molecule has 0 fully saturated rings. The first kappa shape index (κ1) is 21.6. The molecule has 6 heteroatoms. The van der Waals surface area contributed by atoms with Crippen LogP contribution in [0.15, 0.2) is 60.7 Å². The maximum atomic E-state index is 14.3. The fraction of sp³-hybridized carbons (Fsp3) is 0.231. The number of carbonyl (C=O) groups excluding carboxylic acids is 1. The summed E-state index contributed by atoms with van der Waals surface area (Å²) >= 11 is 0. The molecule has 3 aromatic rings. The van der Waals surface area contributed by atoms with Crippen LogP contribution < -0.4 is 4.74 Å². The molecule has 0 amide bonds. The van der Waals surface area contributed by atoms with E-state index in [0.29, 0.717) is 35.3 Å². The monoisotopic (exact) mass is 434 g/mol. The van der Waals surface area contributed by atoms with E-state index in [2.05, 4.69) is 0 Å². The summed E-state index contributed by atoms with van der Waals surface area (Å²) in [4.78, 5) is 23.7. The summed E-state index contributed by atoms with van der Waals surface area (Å²) in [6.45, 7) is 1.66. The quantitative estimate of drug-likeness (QED) is 0.539. The van der Waals surface area contributed by atoms with Crippen LogP contribution in [0, 0.1) is 11.7 Å². The maximum Gasteiger partial charge on any atom is 0.339 e. The van der Waals surface area contributed by atoms with E-state index in [4.69, 9.17) is 14.6 Å². The number of fused-ring (bicyclic) bond motifs is 1. The highest BCUT2D eigenvalue weighted by Crippen LogP contribution is 2.33. The predicted molar refractivity (Wildman–Crippen MR) is 117 cm³/mol. The number of carbonyl (C=O) groups is 2. The molecule has 1 aliphatic heterocycles. The number of carboxylic acid groups (broad SMARTS) is 1. The highest BCUT2D eigenvalue weighted by atomic mass is 19.1. The van der Waals surface area contributed by atoms with Crippen LogP contribution >= 0.6 is 0 Å². The van der Waals surface area contributed by atoms with Crippen molar-refractivity contribution in [2.75, 3.05) is 7.11 Å². The van der Waals surface area contributed by atoms with Gasteiger partial charge in [0.1, 0.15) is 17.7 Å². The normalized spacial score (nSPS) is 16.1. The number of rotatable bonds is 6. The fourth-order valence-electron chi connectivity index (χ4n) is 3.93. The summed E-state index contributed by atoms with van der Waals surface area (Å²) in [5.74, 6) is -1.55. The highest BCUT2D eigenvalue weighted by molar-refractivity contribution is 5.92. The topological polar surface area (TPSA) is 72.8 Å². The van der Waals surface area contributed by atoms with Gasteiger partial charge in [-0.25, -0.2) is 9.18 Å². The van der Waals surface area contributed by atoms with Crippen LogP contribution in [0.4, 0.5) is 4.39 Å². The number of hydrogen-bond donors (Lipinski definition) is 1. The molecule has 32 heavy (non-hydrogen) atoms. The molecule has 2 unspecified atom stereocenters. The number of halogens is 1. The molecule has 2 atom stereocenters. The van der Waals surface area contributed by atoms with Gasteiger partial charge in [0.25, 0.3) is 0 Å². The average molecular weight is 434 g/mol. The van der Waals surface area contributed by atoms with Crippen LogP contribution in [0.5, 0.6) is 5.75 Å². The molecule has 0 aliphatic carbocycles. The summed E-state index contributed by atoms with van der Waals surface area (Å²) in [7, 11) is 1.53. The van der Waals surface area contributed by atoms with Gasteiger partial charge in [-0.2, -0.15) is 0 Å². The molecule has 1 N–H and O–H groups in total. The Bertz CT molecular complexity index is 1170. The second kappa shape index (κ2) is 8.83. The molecular formula is C26H23FO5. The van der Waals surface area contributed by atoms with E-state index in [1.807, 2.05) is 18.2 Å². The lowest BCUT2D eigenvalue weighted by Crippen LogP contribution is -2.22. The minimum Gasteiger partial charge on any atom is -0.497 e. The van der Waals surface area contributed by atoms with Gasteiger partial charge in [0.05, 0.1) is 18.6 Å². The smallest absolute Gasteiger partial charge is 0.339 e. The average Bonchev–Trinajstić information content (AvgIpc) is 2.79. The standard InChI is InChI=1S/C26H23FO5/c1-15(25(28)29)11-16-3-9-21-19(12-16)13-24(32-26(21)30)18-6-4-17(5-7-18)22-14-20(31-2)8-10-23(22)27/h3-10,12,14-15,24H,11,13H2,1-2H3,(H,28,29). The molecule has 0 spiro atoms. The van der Waals surface area contributed by atoms with Crippen molar-refractivity contribution in [1.29, 1.82) is 0 Å². The summed E-state index contributed by atoms with van der Waals surface area (Å²) in [6, 6.07) is 17.2. The lowest BCUT2D eigenvalue weighted by molar-refractivity contribution is -0.141. The Hall–Kier alpha value is -3.67. The van der Waals surface area contributed by atoms with E-state index in [9.17, 15) is 14.0 Å². The maximum absolute atomic E-state index is 14.3. The Balaban J connectivity index is 1.57. The molecule has 0 saturated carbocycles. The molecule has 1 aliphatic rings. The summed E-state index contributed by atoms with van der Waals surface area (Å²) < 4.78 is 25.1. The van der Waals surface area contributed by atoms with Crippen molar-refractivity contribution in [2.45, 2.75) is 25.9 Å². The number of hydrogen-bond acceptors (Lipinski definition) is 4. The van der Waals surface area contributed by atoms with Crippen molar-refractivity contribution in [3.8, 4) is 16.9 Å². The highest BCUT2D eigenvalue weighted by Gasteiger charge is 2.28. The van der Waals surface area contributed by atoms with Gasteiger partial charge in [-0.3, -0.25) is 4.79 Å². The molecule has 1 heterocycles. The number of ether oxygens (including phenoxy) is 2. The van der Waals surface area contributed by atoms with Crippen molar-refractivity contribution in [3.63, 3.8) is 0 Å². The van der Waals surface area contributed by atoms with Crippen LogP contribution in [0.3, 0.4) is 0 Å². The molecular weight excluding hydrogens is 411 g/mol. The molecule has 5 nitrogen and oxygen atoms in total. The van der Waals surface area contributed by atoms with Gasteiger partial charge in [-0.05, 0) is 52.9 Å². The Kier molecular flexibility index (Phi) is 5.95. The number of cyclic esters (lactones) is 1. The largest absolute Gasteiger partial charge is 0.497 e. The second-order valence-electron chi connectivity index (χ2n) is 8.00. The molecule has 0 saturated heterocycles. The Morgan fingerprint density at radius 3 is 2.56 bits per heavy atom. The number of methoxy groups -OCH3 is 1. The van der Waals surface area contributed by atoms with Crippen LogP contribution in [0.1, 0.15) is 40.1 Å². The number of carboxylic acids is 1. The third kappa shape index (κ3) is 4.35. The summed E-state index contributed by atoms with van der Waals surface area (Å²) in [6.07, 6.45) is 0.415. The summed E-state index contributed by atoms with van der Waals surface area (Å²) in [5, 5.41) is 9.16. The zero-order valence-electron chi connectivity index (χ0n) is 17.8. The third-order valence-electron chi connectivity index (χ3n) is 5.77. The lowest BCUT2D eigenvalue weighted by atomic mass is 9.90. The van der Waals surface area contributed by atoms with Crippen LogP contribution in [0.2, 0.25) is 0 Å². The number of aliphatic carboxylic acids is 1. The Morgan fingerprint density at radius 1 is 1.12 bits per heavy atom. The van der Waals surface area contributed by atoms with E-state index in [1.165, 1.54) is 13.2 Å². The minimum atomic E-state index is -0.854. The van der Waals surface area contributed by atoms with Crippen molar-refractivity contribution in [2.24, 2.45) is 5.92 Å². The fourth-order valence-corrected chi connectivity index (χ4v) is 3.93. The minimum absolute atomic E-state index is 0.348. The first-order valence-corrected chi connectivity index (χ1v) is 10.3. The first-order chi connectivity index (χ1) is 15.4. The van der Waals surface area contributed by atoms with Gasteiger partial charge in [0.15, 0.2) is 0 Å². The van der Waals surface area contributed by atoms with Crippen molar-refractivity contribution < 1.29 is 28.6 Å². The van der Waals surface area contributed by atoms with E-state index < -0.39 is 24.0 Å². The van der Waals surface area contributed by atoms with Gasteiger partial charge in [0, 0.05) is 12.0 Å². The SMILES string of the molecule is COc1ccc(F)c(-c2ccc(C3Cc4cc(CC(C)C(=O)O)ccc4C(=O)O3)cc2)c1. The van der Waals surface area contributed by atoms with Crippen molar-refractivity contribution in [1.82, 2.24) is 0 Å². The number of benzene rings is 3. The van der Waals surface area contributed by atoms with Gasteiger partial charge in [-0.1, -0.05) is 43.3 Å². The van der Waals surface area contributed by atoms with E-state index in [-0.39, 0.29) is 5.82 Å². The van der Waals surface area contributed by atoms with E-state index in [1.54, 1.807) is 43.3 Å². The van der Waals surface area contributed by atoms with Crippen molar-refractivity contribution in [3.05, 3.63) is 88.7 Å². The van der Waals surface area contributed by atoms with Crippen LogP contribution in [-0.2, 0) is 22.4 Å². The van der Waals surface area contributed by atoms with Gasteiger partial charge >= 0.3 is 11.9 Å². The van der Waals surface area contributed by atoms with Crippen LogP contribution in [-0.4, -0.2) is 24.2 Å². The van der Waals surface area contributed by atoms with Gasteiger partial charge in [-0.15, -0.1) is 0 Å². The molecule has 0 bridgehead atoms. The summed E-state index contributed by atoms with van der Waals surface area (Å²) in [5.41, 5.74) is 4.14. The molecule has 0 aromatic heterocycles. The second-order valence-corrected chi connectivity index (χ2v) is 8.00. The van der Waals surface area contributed by atoms with E-state index >= 15 is 0 Å². The van der Waals surface area contributed by atoms with Crippen LogP contribution in [0.25, 0.3) is 11.1 Å². The Labute approximate surface area is 185 Å². The zero-order chi connectivity index (χ0) is 22.8. The lowest BCUT2D eigenvalue weighted by Gasteiger charge is -2.26. The van der Waals surface area contributed by atoms with Crippen molar-refractivity contribution >= 4 is 11.9 Å². The number of esters is 1. The molecule has 0 radical (unpaired) electrons. The zero-order valence-corrected chi connectivity index (χ0v) is 17.8. The molecule has 3 aromatic carbocycles. The first-order valence-electron chi connectivity index (χ1n) is 10.3. The third-order valence-corrected chi connectivity index (χ3v) is 5.77. The van der Waals surface area contributed by atoms with E-state index in [0.717, 1.165) is 16.7 Å². The predicted octanol–water partition coefficient (Wildman–Crippen LogP) is 5.22.